The molecule has 1 heterocycles. The quantitative estimate of drug-likeness (QED) is 0.815. The number of benzene rings is 1. The lowest BCUT2D eigenvalue weighted by atomic mass is 10.1. The van der Waals surface area contributed by atoms with Gasteiger partial charge in [0, 0.05) is 13.0 Å². The van der Waals surface area contributed by atoms with Crippen LogP contribution in [0.15, 0.2) is 24.3 Å². The van der Waals surface area contributed by atoms with Crippen molar-refractivity contribution in [1.82, 2.24) is 5.32 Å². The molecule has 1 atom stereocenters. The third-order valence-corrected chi connectivity index (χ3v) is 2.13. The fourth-order valence-corrected chi connectivity index (χ4v) is 1.45. The predicted octanol–water partition coefficient (Wildman–Crippen LogP) is 1.74. The molecule has 4 heteroatoms. The molecule has 1 aliphatic rings. The highest BCUT2D eigenvalue weighted by Gasteiger charge is 2.14. The van der Waals surface area contributed by atoms with Gasteiger partial charge in [0.25, 0.3) is 0 Å². The molecule has 0 amide bonds. The highest BCUT2D eigenvalue weighted by Crippen LogP contribution is 2.08. The van der Waals surface area contributed by atoms with Gasteiger partial charge in [-0.1, -0.05) is 12.1 Å². The lowest BCUT2D eigenvalue weighted by Gasteiger charge is -2.09. The van der Waals surface area contributed by atoms with E-state index < -0.39 is 0 Å². The highest BCUT2D eigenvalue weighted by molar-refractivity contribution is 5.85. The van der Waals surface area contributed by atoms with Crippen LogP contribution >= 0.6 is 12.4 Å². The molecule has 0 aromatic heterocycles. The molecule has 0 saturated carbocycles. The zero-order valence-corrected chi connectivity index (χ0v) is 8.52. The molecule has 1 unspecified atom stereocenters. The van der Waals surface area contributed by atoms with E-state index in [9.17, 15) is 4.39 Å². The van der Waals surface area contributed by atoms with Crippen molar-refractivity contribution in [3.63, 3.8) is 0 Å². The second kappa shape index (κ2) is 5.29. The molecule has 0 radical (unpaired) electrons. The minimum Gasteiger partial charge on any atom is -0.362 e. The van der Waals surface area contributed by atoms with E-state index in [1.54, 1.807) is 12.1 Å². The van der Waals surface area contributed by atoms with Gasteiger partial charge >= 0.3 is 0 Å². The van der Waals surface area contributed by atoms with Gasteiger partial charge in [-0.2, -0.15) is 0 Å². The largest absolute Gasteiger partial charge is 0.362 e. The van der Waals surface area contributed by atoms with Crippen LogP contribution in [-0.2, 0) is 11.2 Å². The van der Waals surface area contributed by atoms with Crippen molar-refractivity contribution < 1.29 is 9.13 Å². The van der Waals surface area contributed by atoms with Crippen molar-refractivity contribution in [2.24, 2.45) is 0 Å². The minimum atomic E-state index is -0.191. The number of hydrogen-bond donors (Lipinski definition) is 1. The maximum absolute atomic E-state index is 12.6. The first-order valence-electron chi connectivity index (χ1n) is 4.44. The second-order valence-corrected chi connectivity index (χ2v) is 3.14. The molecule has 1 aromatic carbocycles. The summed E-state index contributed by atoms with van der Waals surface area (Å²) in [4.78, 5) is 0. The lowest BCUT2D eigenvalue weighted by Crippen LogP contribution is -2.24. The zero-order chi connectivity index (χ0) is 9.10. The molecule has 78 valence electrons. The van der Waals surface area contributed by atoms with Crippen LogP contribution in [0.2, 0.25) is 0 Å². The van der Waals surface area contributed by atoms with E-state index in [1.165, 1.54) is 12.1 Å². The third-order valence-electron chi connectivity index (χ3n) is 2.13. The van der Waals surface area contributed by atoms with Crippen molar-refractivity contribution in [1.29, 1.82) is 0 Å². The van der Waals surface area contributed by atoms with E-state index in [0.29, 0.717) is 0 Å². The highest BCUT2D eigenvalue weighted by atomic mass is 35.5. The van der Waals surface area contributed by atoms with Crippen LogP contribution in [0.25, 0.3) is 0 Å². The van der Waals surface area contributed by atoms with Gasteiger partial charge in [0.1, 0.15) is 12.0 Å². The van der Waals surface area contributed by atoms with E-state index in [0.717, 1.165) is 25.1 Å². The summed E-state index contributed by atoms with van der Waals surface area (Å²) in [5, 5.41) is 3.20. The molecule has 1 saturated heterocycles. The van der Waals surface area contributed by atoms with Crippen molar-refractivity contribution in [3.8, 4) is 0 Å². The molecular formula is C10H13ClFNO. The summed E-state index contributed by atoms with van der Waals surface area (Å²) in [5.41, 5.74) is 1.10. The van der Waals surface area contributed by atoms with Crippen molar-refractivity contribution in [2.45, 2.75) is 12.6 Å². The molecular weight excluding hydrogens is 205 g/mol. The number of ether oxygens (including phenoxy) is 1. The Morgan fingerprint density at radius 3 is 2.64 bits per heavy atom. The normalized spacial score (nSPS) is 20.5. The summed E-state index contributed by atoms with van der Waals surface area (Å²) in [6.07, 6.45) is 0.908. The average Bonchev–Trinajstić information content (AvgIpc) is 2.62. The average molecular weight is 218 g/mol. The standard InChI is InChI=1S/C10H12FNO.ClH/c11-9-3-1-8(2-4-9)7-10-12-5-6-13-10;/h1-4,10,12H,5-7H2;1H. The fourth-order valence-electron chi connectivity index (χ4n) is 1.45. The first-order chi connectivity index (χ1) is 6.34. The second-order valence-electron chi connectivity index (χ2n) is 3.14. The van der Waals surface area contributed by atoms with E-state index >= 15 is 0 Å². The van der Waals surface area contributed by atoms with Gasteiger partial charge in [-0.3, -0.25) is 5.32 Å². The van der Waals surface area contributed by atoms with E-state index in [4.69, 9.17) is 4.74 Å². The number of hydrogen-bond acceptors (Lipinski definition) is 2. The minimum absolute atomic E-state index is 0. The summed E-state index contributed by atoms with van der Waals surface area (Å²) in [6.45, 7) is 1.68. The van der Waals surface area contributed by atoms with Crippen LogP contribution in [-0.4, -0.2) is 19.4 Å². The summed E-state index contributed by atoms with van der Waals surface area (Å²) in [7, 11) is 0. The van der Waals surface area contributed by atoms with Gasteiger partial charge < -0.3 is 4.74 Å². The summed E-state index contributed by atoms with van der Waals surface area (Å²) in [6, 6.07) is 6.53. The van der Waals surface area contributed by atoms with Crippen LogP contribution in [0.4, 0.5) is 4.39 Å². The first kappa shape index (κ1) is 11.4. The van der Waals surface area contributed by atoms with Crippen LogP contribution in [0.5, 0.6) is 0 Å². The van der Waals surface area contributed by atoms with Gasteiger partial charge in [0.15, 0.2) is 0 Å². The smallest absolute Gasteiger partial charge is 0.123 e. The molecule has 2 rings (SSSR count). The number of nitrogens with one attached hydrogen (secondary N) is 1. The SMILES string of the molecule is Cl.Fc1ccc(CC2NCCO2)cc1. The van der Waals surface area contributed by atoms with E-state index in [2.05, 4.69) is 5.32 Å². The first-order valence-corrected chi connectivity index (χ1v) is 4.44. The monoisotopic (exact) mass is 217 g/mol. The summed E-state index contributed by atoms with van der Waals surface area (Å²) < 4.78 is 17.9. The Hall–Kier alpha value is -0.640. The number of halogens is 2. The van der Waals surface area contributed by atoms with E-state index in [-0.39, 0.29) is 24.5 Å². The van der Waals surface area contributed by atoms with Gasteiger partial charge in [0.2, 0.25) is 0 Å². The Bertz CT molecular complexity index is 272. The maximum atomic E-state index is 12.6. The molecule has 0 aliphatic carbocycles. The third kappa shape index (κ3) is 2.94. The van der Waals surface area contributed by atoms with Crippen LogP contribution < -0.4 is 5.32 Å². The molecule has 1 N–H and O–H groups in total. The summed E-state index contributed by atoms with van der Waals surface area (Å²) in [5.74, 6) is -0.191. The predicted molar refractivity (Wildman–Crippen MR) is 55.1 cm³/mol. The maximum Gasteiger partial charge on any atom is 0.123 e. The van der Waals surface area contributed by atoms with Crippen LogP contribution in [0.1, 0.15) is 5.56 Å². The van der Waals surface area contributed by atoms with Gasteiger partial charge in [-0.05, 0) is 17.7 Å². The Morgan fingerprint density at radius 1 is 1.36 bits per heavy atom. The van der Waals surface area contributed by atoms with Gasteiger partial charge in [0.05, 0.1) is 6.61 Å². The van der Waals surface area contributed by atoms with Crippen LogP contribution in [0.3, 0.4) is 0 Å². The molecule has 1 fully saturated rings. The van der Waals surface area contributed by atoms with Crippen LogP contribution in [0, 0.1) is 5.82 Å². The molecule has 1 aromatic rings. The molecule has 0 spiro atoms. The molecule has 2 nitrogen and oxygen atoms in total. The lowest BCUT2D eigenvalue weighted by molar-refractivity contribution is 0.102. The van der Waals surface area contributed by atoms with Crippen molar-refractivity contribution >= 4 is 12.4 Å². The topological polar surface area (TPSA) is 21.3 Å². The Morgan fingerprint density at radius 2 is 2.07 bits per heavy atom. The molecule has 14 heavy (non-hydrogen) atoms. The van der Waals surface area contributed by atoms with Crippen molar-refractivity contribution in [3.05, 3.63) is 35.6 Å². The fraction of sp³-hybridized carbons (Fsp3) is 0.400. The molecule has 1 aliphatic heterocycles. The zero-order valence-electron chi connectivity index (χ0n) is 7.70. The summed E-state index contributed by atoms with van der Waals surface area (Å²) >= 11 is 0. The van der Waals surface area contributed by atoms with Crippen molar-refractivity contribution in [2.75, 3.05) is 13.2 Å². The van der Waals surface area contributed by atoms with Gasteiger partial charge in [-0.15, -0.1) is 12.4 Å². The Balaban J connectivity index is 0.000000980. The number of rotatable bonds is 2. The van der Waals surface area contributed by atoms with E-state index in [1.807, 2.05) is 0 Å². The molecule has 0 bridgehead atoms. The van der Waals surface area contributed by atoms with Gasteiger partial charge in [-0.25, -0.2) is 4.39 Å². The Labute approximate surface area is 88.9 Å². The Kier molecular flexibility index (Phi) is 4.32.